The maximum Gasteiger partial charge on any atom is 0.263 e. The van der Waals surface area contributed by atoms with Crippen LogP contribution in [-0.4, -0.2) is 11.7 Å². The predicted molar refractivity (Wildman–Crippen MR) is 50.2 cm³/mol. The number of aryl methyl sites for hydroxylation is 1. The molecule has 78 valence electrons. The Labute approximate surface area is 81.4 Å². The Hall–Kier alpha value is -1.00. The molecule has 0 amide bonds. The van der Waals surface area contributed by atoms with Crippen LogP contribution in [0, 0.1) is 6.92 Å². The minimum atomic E-state index is -2.51. The van der Waals surface area contributed by atoms with Gasteiger partial charge in [-0.05, 0) is 24.1 Å². The summed E-state index contributed by atoms with van der Waals surface area (Å²) in [6, 6.07) is 4.22. The molecule has 1 aromatic carbocycles. The number of rotatable bonds is 3. The maximum atomic E-state index is 12.3. The summed E-state index contributed by atoms with van der Waals surface area (Å²) < 4.78 is 24.7. The molecule has 0 aromatic heterocycles. The Bertz CT molecular complexity index is 315. The van der Waals surface area contributed by atoms with E-state index in [2.05, 4.69) is 0 Å². The summed E-state index contributed by atoms with van der Waals surface area (Å²) in [4.78, 5) is 0. The monoisotopic (exact) mass is 201 g/mol. The molecule has 0 heterocycles. The first kappa shape index (κ1) is 11.1. The maximum absolute atomic E-state index is 12.3. The highest BCUT2D eigenvalue weighted by Gasteiger charge is 2.13. The molecule has 0 aliphatic carbocycles. The molecule has 0 aliphatic heterocycles. The van der Waals surface area contributed by atoms with Gasteiger partial charge in [0.25, 0.3) is 6.43 Å². The van der Waals surface area contributed by atoms with Crippen molar-refractivity contribution in [1.82, 2.24) is 0 Å². The third-order valence-corrected chi connectivity index (χ3v) is 2.14. The fourth-order valence-corrected chi connectivity index (χ4v) is 1.28. The normalized spacial score (nSPS) is 13.3. The fourth-order valence-electron chi connectivity index (χ4n) is 1.28. The Kier molecular flexibility index (Phi) is 3.55. The fraction of sp³-hybridized carbons (Fsp3) is 0.400. The first-order chi connectivity index (χ1) is 6.56. The van der Waals surface area contributed by atoms with E-state index < -0.39 is 12.5 Å². The molecule has 0 spiro atoms. The van der Waals surface area contributed by atoms with Crippen LogP contribution < -0.4 is 5.73 Å². The van der Waals surface area contributed by atoms with Crippen LogP contribution in [0.1, 0.15) is 29.2 Å². The van der Waals surface area contributed by atoms with Crippen LogP contribution >= 0.6 is 0 Å². The van der Waals surface area contributed by atoms with Gasteiger partial charge in [0.1, 0.15) is 0 Å². The average molecular weight is 201 g/mol. The number of aliphatic hydroxyl groups excluding tert-OH is 1. The van der Waals surface area contributed by atoms with E-state index in [0.29, 0.717) is 5.56 Å². The molecule has 1 aromatic rings. The van der Waals surface area contributed by atoms with Crippen LogP contribution in [0.2, 0.25) is 0 Å². The Morgan fingerprint density at radius 3 is 2.57 bits per heavy atom. The summed E-state index contributed by atoms with van der Waals surface area (Å²) in [5.74, 6) is 0. The van der Waals surface area contributed by atoms with Crippen molar-refractivity contribution in [3.63, 3.8) is 0 Å². The van der Waals surface area contributed by atoms with Crippen molar-refractivity contribution >= 4 is 0 Å². The van der Waals surface area contributed by atoms with E-state index in [1.807, 2.05) is 0 Å². The van der Waals surface area contributed by atoms with Crippen LogP contribution in [0.25, 0.3) is 0 Å². The molecule has 1 rings (SSSR count). The van der Waals surface area contributed by atoms with Gasteiger partial charge in [-0.2, -0.15) is 0 Å². The van der Waals surface area contributed by atoms with Crippen molar-refractivity contribution in [1.29, 1.82) is 0 Å². The van der Waals surface area contributed by atoms with E-state index in [4.69, 9.17) is 5.73 Å². The minimum absolute atomic E-state index is 0.0352. The van der Waals surface area contributed by atoms with Crippen LogP contribution in [0.5, 0.6) is 0 Å². The number of halogens is 2. The molecule has 0 aliphatic rings. The third-order valence-electron chi connectivity index (χ3n) is 2.14. The van der Waals surface area contributed by atoms with Gasteiger partial charge in [0.2, 0.25) is 0 Å². The standard InChI is InChI=1S/C10H13F2NO/c1-6-2-3-7(10(11)12)4-8(6)9(14)5-13/h2-4,9-10,14H,5,13H2,1H3. The molecule has 0 fully saturated rings. The SMILES string of the molecule is Cc1ccc(C(F)F)cc1C(O)CN. The molecular weight excluding hydrogens is 188 g/mol. The zero-order valence-corrected chi connectivity index (χ0v) is 7.87. The molecule has 1 atom stereocenters. The van der Waals surface area contributed by atoms with E-state index >= 15 is 0 Å². The van der Waals surface area contributed by atoms with Gasteiger partial charge in [-0.3, -0.25) is 0 Å². The average Bonchev–Trinajstić information content (AvgIpc) is 2.17. The summed E-state index contributed by atoms with van der Waals surface area (Å²) in [6.45, 7) is 1.79. The molecule has 0 saturated carbocycles. The Balaban J connectivity index is 3.08. The number of aliphatic hydroxyl groups is 1. The van der Waals surface area contributed by atoms with Crippen molar-refractivity contribution in [3.8, 4) is 0 Å². The van der Waals surface area contributed by atoms with E-state index in [-0.39, 0.29) is 12.1 Å². The molecular formula is C10H13F2NO. The number of benzene rings is 1. The number of hydrogen-bond acceptors (Lipinski definition) is 2. The van der Waals surface area contributed by atoms with Gasteiger partial charge in [0.05, 0.1) is 6.10 Å². The number of alkyl halides is 2. The Morgan fingerprint density at radius 1 is 1.43 bits per heavy atom. The smallest absolute Gasteiger partial charge is 0.263 e. The lowest BCUT2D eigenvalue weighted by Gasteiger charge is -2.13. The van der Waals surface area contributed by atoms with Crippen molar-refractivity contribution in [2.75, 3.05) is 6.54 Å². The molecule has 3 N–H and O–H groups in total. The lowest BCUT2D eigenvalue weighted by Crippen LogP contribution is -2.13. The molecule has 0 saturated heterocycles. The lowest BCUT2D eigenvalue weighted by molar-refractivity contribution is 0.150. The zero-order valence-electron chi connectivity index (χ0n) is 7.87. The van der Waals surface area contributed by atoms with Gasteiger partial charge < -0.3 is 10.8 Å². The van der Waals surface area contributed by atoms with E-state index in [1.165, 1.54) is 12.1 Å². The quantitative estimate of drug-likeness (QED) is 0.784. The second-order valence-corrected chi connectivity index (χ2v) is 3.17. The molecule has 0 radical (unpaired) electrons. The van der Waals surface area contributed by atoms with Crippen LogP contribution in [0.3, 0.4) is 0 Å². The molecule has 14 heavy (non-hydrogen) atoms. The van der Waals surface area contributed by atoms with Gasteiger partial charge in [-0.25, -0.2) is 8.78 Å². The van der Waals surface area contributed by atoms with E-state index in [9.17, 15) is 13.9 Å². The second kappa shape index (κ2) is 4.48. The highest BCUT2D eigenvalue weighted by Crippen LogP contribution is 2.24. The van der Waals surface area contributed by atoms with Gasteiger partial charge in [-0.1, -0.05) is 12.1 Å². The van der Waals surface area contributed by atoms with E-state index in [0.717, 1.165) is 5.56 Å². The van der Waals surface area contributed by atoms with E-state index in [1.54, 1.807) is 13.0 Å². The molecule has 1 unspecified atom stereocenters. The summed E-state index contributed by atoms with van der Waals surface area (Å²) in [6.07, 6.45) is -3.38. The van der Waals surface area contributed by atoms with Crippen LogP contribution in [0.15, 0.2) is 18.2 Å². The van der Waals surface area contributed by atoms with Gasteiger partial charge in [0.15, 0.2) is 0 Å². The summed E-state index contributed by atoms with van der Waals surface area (Å²) in [5, 5.41) is 9.45. The van der Waals surface area contributed by atoms with Gasteiger partial charge in [-0.15, -0.1) is 0 Å². The first-order valence-corrected chi connectivity index (χ1v) is 4.33. The van der Waals surface area contributed by atoms with Gasteiger partial charge in [0, 0.05) is 12.1 Å². The molecule has 4 heteroatoms. The predicted octanol–water partition coefficient (Wildman–Crippen LogP) is 1.92. The second-order valence-electron chi connectivity index (χ2n) is 3.17. The van der Waals surface area contributed by atoms with Crippen LogP contribution in [0.4, 0.5) is 8.78 Å². The summed E-state index contributed by atoms with van der Waals surface area (Å²) in [7, 11) is 0. The van der Waals surface area contributed by atoms with Gasteiger partial charge >= 0.3 is 0 Å². The van der Waals surface area contributed by atoms with Crippen LogP contribution in [-0.2, 0) is 0 Å². The Morgan fingerprint density at radius 2 is 2.07 bits per heavy atom. The number of nitrogens with two attached hydrogens (primary N) is 1. The summed E-state index contributed by atoms with van der Waals surface area (Å²) >= 11 is 0. The minimum Gasteiger partial charge on any atom is -0.387 e. The van der Waals surface area contributed by atoms with Crippen molar-refractivity contribution in [2.24, 2.45) is 5.73 Å². The highest BCUT2D eigenvalue weighted by atomic mass is 19.3. The lowest BCUT2D eigenvalue weighted by atomic mass is 10.0. The zero-order chi connectivity index (χ0) is 10.7. The summed E-state index contributed by atoms with van der Waals surface area (Å²) in [5.41, 5.74) is 6.42. The molecule has 0 bridgehead atoms. The largest absolute Gasteiger partial charge is 0.387 e. The highest BCUT2D eigenvalue weighted by molar-refractivity contribution is 5.33. The first-order valence-electron chi connectivity index (χ1n) is 4.33. The third kappa shape index (κ3) is 2.27. The van der Waals surface area contributed by atoms with Crippen molar-refractivity contribution < 1.29 is 13.9 Å². The molecule has 2 nitrogen and oxygen atoms in total. The van der Waals surface area contributed by atoms with Crippen molar-refractivity contribution in [3.05, 3.63) is 34.9 Å². The topological polar surface area (TPSA) is 46.2 Å². The van der Waals surface area contributed by atoms with Crippen molar-refractivity contribution in [2.45, 2.75) is 19.5 Å². The number of hydrogen-bond donors (Lipinski definition) is 2.